The molecule has 0 amide bonds. The molecular weight excluding hydrogens is 358 g/mol. The van der Waals surface area contributed by atoms with Crippen molar-refractivity contribution in [2.45, 2.75) is 64.0 Å². The van der Waals surface area contributed by atoms with Crippen LogP contribution in [0, 0.1) is 0 Å². The Kier molecular flexibility index (Phi) is 5.68. The summed E-state index contributed by atoms with van der Waals surface area (Å²) in [5, 5.41) is 0.148. The lowest BCUT2D eigenvalue weighted by Gasteiger charge is -2.36. The van der Waals surface area contributed by atoms with E-state index in [4.69, 9.17) is 13.3 Å². The Morgan fingerprint density at radius 2 is 1.88 bits per heavy atom. The van der Waals surface area contributed by atoms with E-state index in [0.717, 1.165) is 24.7 Å². The number of hydrogen-bond acceptors (Lipinski definition) is 6. The first kappa shape index (κ1) is 20.4. The molecule has 0 radical (unpaired) electrons. The van der Waals surface area contributed by atoms with Crippen molar-refractivity contribution in [2.75, 3.05) is 12.9 Å². The molecule has 1 aliphatic carbocycles. The molecule has 0 aliphatic heterocycles. The van der Waals surface area contributed by atoms with E-state index in [1.54, 1.807) is 12.4 Å². The first-order chi connectivity index (χ1) is 11.3. The summed E-state index contributed by atoms with van der Waals surface area (Å²) in [4.78, 5) is 4.22. The Morgan fingerprint density at radius 3 is 2.40 bits per heavy atom. The highest BCUT2D eigenvalue weighted by atomic mass is 32.2. The van der Waals surface area contributed by atoms with Crippen molar-refractivity contribution in [3.63, 3.8) is 0 Å². The van der Waals surface area contributed by atoms with E-state index in [0.29, 0.717) is 12.4 Å². The number of rotatable bonds is 8. The Labute approximate surface area is 152 Å². The zero-order valence-corrected chi connectivity index (χ0v) is 17.8. The van der Waals surface area contributed by atoms with E-state index in [1.165, 1.54) is 0 Å². The van der Waals surface area contributed by atoms with Crippen LogP contribution >= 0.6 is 0 Å². The molecule has 1 saturated carbocycles. The van der Waals surface area contributed by atoms with Gasteiger partial charge in [0.2, 0.25) is 0 Å². The van der Waals surface area contributed by atoms with Crippen molar-refractivity contribution < 1.29 is 21.8 Å². The van der Waals surface area contributed by atoms with Gasteiger partial charge in [0.15, 0.2) is 8.32 Å². The lowest BCUT2D eigenvalue weighted by molar-refractivity contribution is 0.111. The molecule has 1 heterocycles. The lowest BCUT2D eigenvalue weighted by Crippen LogP contribution is -2.40. The molecule has 1 aromatic heterocycles. The molecule has 0 atom stereocenters. The number of pyridine rings is 1. The van der Waals surface area contributed by atoms with Crippen LogP contribution in [0.4, 0.5) is 0 Å². The Morgan fingerprint density at radius 1 is 1.24 bits per heavy atom. The molecule has 0 aromatic carbocycles. The van der Waals surface area contributed by atoms with E-state index in [-0.39, 0.29) is 11.6 Å². The van der Waals surface area contributed by atoms with Crippen molar-refractivity contribution in [3.8, 4) is 5.75 Å². The van der Waals surface area contributed by atoms with Gasteiger partial charge in [-0.15, -0.1) is 0 Å². The van der Waals surface area contributed by atoms with Crippen molar-refractivity contribution in [3.05, 3.63) is 24.0 Å². The summed E-state index contributed by atoms with van der Waals surface area (Å²) in [5.41, 5.74) is 0.395. The van der Waals surface area contributed by atoms with Crippen LogP contribution in [0.15, 0.2) is 18.5 Å². The van der Waals surface area contributed by atoms with Crippen LogP contribution in [0.5, 0.6) is 5.75 Å². The van der Waals surface area contributed by atoms with Crippen molar-refractivity contribution >= 4 is 18.4 Å². The van der Waals surface area contributed by atoms with Gasteiger partial charge in [-0.3, -0.25) is 9.17 Å². The maximum absolute atomic E-state index is 11.2. The molecule has 1 fully saturated rings. The third kappa shape index (κ3) is 6.05. The van der Waals surface area contributed by atoms with Crippen LogP contribution in [0.3, 0.4) is 0 Å². The van der Waals surface area contributed by atoms with Crippen LogP contribution in [0.2, 0.25) is 18.1 Å². The minimum Gasteiger partial charge on any atom is -0.483 e. The van der Waals surface area contributed by atoms with E-state index >= 15 is 0 Å². The van der Waals surface area contributed by atoms with E-state index in [2.05, 4.69) is 38.8 Å². The molecule has 1 aliphatic rings. The standard InChI is InChI=1S/C17H29NO5SSi/c1-16(2,3)25(5,6)22-12-14-9-15(11-18-10-14)23-17(7-8-17)13-21-24(4,19)20/h9-11H,7-8,12-13H2,1-6H3. The molecule has 0 saturated heterocycles. The number of aromatic nitrogens is 1. The molecule has 2 rings (SSSR count). The SMILES string of the molecule is CC(C)(C)[Si](C)(C)OCc1cncc(OC2(COS(C)(=O)=O)CC2)c1. The second kappa shape index (κ2) is 6.98. The first-order valence-electron chi connectivity index (χ1n) is 8.43. The summed E-state index contributed by atoms with van der Waals surface area (Å²) in [7, 11) is -5.30. The topological polar surface area (TPSA) is 74.7 Å². The van der Waals surface area contributed by atoms with Gasteiger partial charge in [-0.1, -0.05) is 20.8 Å². The fourth-order valence-corrected chi connectivity index (χ4v) is 3.35. The largest absolute Gasteiger partial charge is 0.483 e. The lowest BCUT2D eigenvalue weighted by atomic mass is 10.2. The van der Waals surface area contributed by atoms with Gasteiger partial charge in [0.1, 0.15) is 18.0 Å². The molecule has 8 heteroatoms. The average Bonchev–Trinajstić information content (AvgIpc) is 3.22. The van der Waals surface area contributed by atoms with Gasteiger partial charge in [-0.05, 0) is 42.6 Å². The van der Waals surface area contributed by atoms with E-state index < -0.39 is 24.0 Å². The molecule has 0 bridgehead atoms. The second-order valence-corrected chi connectivity index (χ2v) is 14.8. The smallest absolute Gasteiger partial charge is 0.264 e. The van der Waals surface area contributed by atoms with Crippen molar-refractivity contribution in [1.29, 1.82) is 0 Å². The molecule has 0 unspecified atom stereocenters. The van der Waals surface area contributed by atoms with Crippen LogP contribution in [0.25, 0.3) is 0 Å². The Balaban J connectivity index is 1.98. The normalized spacial score (nSPS) is 17.4. The van der Waals surface area contributed by atoms with Gasteiger partial charge >= 0.3 is 0 Å². The molecule has 0 N–H and O–H groups in total. The van der Waals surface area contributed by atoms with Crippen molar-refractivity contribution in [2.24, 2.45) is 0 Å². The predicted octanol–water partition coefficient (Wildman–Crippen LogP) is 3.49. The summed E-state index contributed by atoms with van der Waals surface area (Å²) in [6, 6.07) is 1.90. The summed E-state index contributed by atoms with van der Waals surface area (Å²) in [6.45, 7) is 11.6. The summed E-state index contributed by atoms with van der Waals surface area (Å²) < 4.78 is 39.4. The zero-order chi connectivity index (χ0) is 18.9. The van der Waals surface area contributed by atoms with Crippen LogP contribution in [-0.4, -0.2) is 40.2 Å². The van der Waals surface area contributed by atoms with Gasteiger partial charge in [0.05, 0.1) is 19.1 Å². The van der Waals surface area contributed by atoms with E-state index in [1.807, 2.05) is 6.07 Å². The third-order valence-corrected chi connectivity index (χ3v) is 9.88. The van der Waals surface area contributed by atoms with Crippen molar-refractivity contribution in [1.82, 2.24) is 4.98 Å². The third-order valence-electron chi connectivity index (χ3n) is 4.85. The number of ether oxygens (including phenoxy) is 1. The summed E-state index contributed by atoms with van der Waals surface area (Å²) in [6.07, 6.45) is 5.99. The first-order valence-corrected chi connectivity index (χ1v) is 13.2. The summed E-state index contributed by atoms with van der Waals surface area (Å²) >= 11 is 0. The zero-order valence-electron chi connectivity index (χ0n) is 16.0. The molecule has 0 spiro atoms. The van der Waals surface area contributed by atoms with Crippen LogP contribution < -0.4 is 4.74 Å². The van der Waals surface area contributed by atoms with Gasteiger partial charge in [0, 0.05) is 6.20 Å². The maximum atomic E-state index is 11.2. The highest BCUT2D eigenvalue weighted by Crippen LogP contribution is 2.41. The molecule has 6 nitrogen and oxygen atoms in total. The van der Waals surface area contributed by atoms with Gasteiger partial charge < -0.3 is 9.16 Å². The van der Waals surface area contributed by atoms with Crippen LogP contribution in [-0.2, 0) is 25.3 Å². The quantitative estimate of drug-likeness (QED) is 0.502. The average molecular weight is 388 g/mol. The minimum absolute atomic E-state index is 0.0382. The molecular formula is C17H29NO5SSi. The van der Waals surface area contributed by atoms with Gasteiger partial charge in [-0.25, -0.2) is 0 Å². The monoisotopic (exact) mass is 387 g/mol. The number of hydrogen-bond donors (Lipinski definition) is 0. The number of nitrogens with zero attached hydrogens (tertiary/aromatic N) is 1. The minimum atomic E-state index is -3.47. The molecule has 1 aromatic rings. The van der Waals surface area contributed by atoms with E-state index in [9.17, 15) is 8.42 Å². The highest BCUT2D eigenvalue weighted by molar-refractivity contribution is 7.85. The summed E-state index contributed by atoms with van der Waals surface area (Å²) in [5.74, 6) is 0.617. The van der Waals surface area contributed by atoms with Gasteiger partial charge in [-0.2, -0.15) is 8.42 Å². The van der Waals surface area contributed by atoms with Gasteiger partial charge in [0.25, 0.3) is 10.1 Å². The highest BCUT2D eigenvalue weighted by Gasteiger charge is 2.47. The second-order valence-electron chi connectivity index (χ2n) is 8.33. The fraction of sp³-hybridized carbons (Fsp3) is 0.706. The molecule has 25 heavy (non-hydrogen) atoms. The maximum Gasteiger partial charge on any atom is 0.264 e. The fourth-order valence-electron chi connectivity index (χ4n) is 1.96. The molecule has 142 valence electrons. The van der Waals surface area contributed by atoms with Crippen LogP contribution in [0.1, 0.15) is 39.2 Å². The Bertz CT molecular complexity index is 708. The predicted molar refractivity (Wildman–Crippen MR) is 99.6 cm³/mol. The Hall–Kier alpha value is -0.963.